The number of aromatic nitrogens is 1. The van der Waals surface area contributed by atoms with Gasteiger partial charge >= 0.3 is 5.97 Å². The van der Waals surface area contributed by atoms with E-state index in [-0.39, 0.29) is 12.3 Å². The summed E-state index contributed by atoms with van der Waals surface area (Å²) in [5.41, 5.74) is 2.22. The number of aliphatic carboxylic acids is 1. The molecular formula is C15H13ClN2O3. The number of carbonyl (C=O) groups excluding carboxylic acids is 1. The topological polar surface area (TPSA) is 79.3 Å². The van der Waals surface area contributed by atoms with Crippen LogP contribution in [0.15, 0.2) is 36.5 Å². The average Bonchev–Trinajstić information content (AvgIpc) is 2.43. The fraction of sp³-hybridized carbons (Fsp3) is 0.133. The molecule has 0 saturated carbocycles. The van der Waals surface area contributed by atoms with E-state index in [4.69, 9.17) is 16.7 Å². The third-order valence-corrected chi connectivity index (χ3v) is 3.09. The van der Waals surface area contributed by atoms with Crippen molar-refractivity contribution in [1.29, 1.82) is 0 Å². The maximum atomic E-state index is 12.2. The van der Waals surface area contributed by atoms with Crippen LogP contribution in [0.25, 0.3) is 0 Å². The van der Waals surface area contributed by atoms with Gasteiger partial charge in [0, 0.05) is 10.6 Å². The van der Waals surface area contributed by atoms with Crippen molar-refractivity contribution >= 4 is 29.2 Å². The molecule has 0 aliphatic carbocycles. The molecule has 0 spiro atoms. The van der Waals surface area contributed by atoms with E-state index in [0.29, 0.717) is 22.0 Å². The molecule has 1 heterocycles. The van der Waals surface area contributed by atoms with Gasteiger partial charge in [-0.05, 0) is 36.8 Å². The van der Waals surface area contributed by atoms with Crippen LogP contribution in [0.1, 0.15) is 21.6 Å². The Morgan fingerprint density at radius 3 is 2.67 bits per heavy atom. The molecule has 0 aliphatic heterocycles. The molecule has 0 atom stereocenters. The maximum Gasteiger partial charge on any atom is 0.309 e. The van der Waals surface area contributed by atoms with E-state index < -0.39 is 5.97 Å². The molecule has 1 aromatic heterocycles. The number of nitrogens with one attached hydrogen (secondary N) is 1. The highest BCUT2D eigenvalue weighted by Gasteiger charge is 2.10. The van der Waals surface area contributed by atoms with E-state index >= 15 is 0 Å². The van der Waals surface area contributed by atoms with Crippen LogP contribution in [0.3, 0.4) is 0 Å². The Balaban J connectivity index is 2.12. The van der Waals surface area contributed by atoms with Crippen LogP contribution >= 0.6 is 11.6 Å². The molecule has 0 radical (unpaired) electrons. The molecule has 0 saturated heterocycles. The number of hydrogen-bond acceptors (Lipinski definition) is 3. The number of carbonyl (C=O) groups is 2. The number of rotatable bonds is 4. The lowest BCUT2D eigenvalue weighted by Gasteiger charge is -2.08. The number of aryl methyl sites for hydroxylation is 1. The third-order valence-electron chi connectivity index (χ3n) is 2.86. The summed E-state index contributed by atoms with van der Waals surface area (Å²) >= 11 is 5.89. The zero-order chi connectivity index (χ0) is 15.4. The molecule has 0 bridgehead atoms. The minimum absolute atomic E-state index is 0.151. The lowest BCUT2D eigenvalue weighted by Crippen LogP contribution is -2.13. The minimum atomic E-state index is -0.950. The lowest BCUT2D eigenvalue weighted by atomic mass is 10.1. The predicted molar refractivity (Wildman–Crippen MR) is 79.7 cm³/mol. The number of benzene rings is 1. The fourth-order valence-corrected chi connectivity index (χ4v) is 1.97. The number of nitrogens with zero attached hydrogens (tertiary/aromatic N) is 1. The number of hydrogen-bond donors (Lipinski definition) is 2. The van der Waals surface area contributed by atoms with E-state index in [1.807, 2.05) is 6.92 Å². The second kappa shape index (κ2) is 6.37. The summed E-state index contributed by atoms with van der Waals surface area (Å²) < 4.78 is 0. The van der Waals surface area contributed by atoms with E-state index in [1.54, 1.807) is 30.3 Å². The average molecular weight is 305 g/mol. The van der Waals surface area contributed by atoms with Crippen LogP contribution in [-0.2, 0) is 11.2 Å². The smallest absolute Gasteiger partial charge is 0.309 e. The normalized spacial score (nSPS) is 10.2. The molecule has 2 aromatic rings. The van der Waals surface area contributed by atoms with Gasteiger partial charge in [-0.3, -0.25) is 14.6 Å². The summed E-state index contributed by atoms with van der Waals surface area (Å²) in [7, 11) is 0. The third kappa shape index (κ3) is 4.03. The maximum absolute atomic E-state index is 12.2. The van der Waals surface area contributed by atoms with Gasteiger partial charge in [0.1, 0.15) is 0 Å². The summed E-state index contributed by atoms with van der Waals surface area (Å²) in [6.45, 7) is 1.82. The lowest BCUT2D eigenvalue weighted by molar-refractivity contribution is -0.136. The molecule has 1 aromatic carbocycles. The Morgan fingerprint density at radius 1 is 1.29 bits per heavy atom. The Hall–Kier alpha value is -2.40. The number of carboxylic acids is 1. The van der Waals surface area contributed by atoms with Gasteiger partial charge < -0.3 is 10.4 Å². The van der Waals surface area contributed by atoms with Crippen molar-refractivity contribution in [3.8, 4) is 0 Å². The second-order valence-corrected chi connectivity index (χ2v) is 4.96. The minimum Gasteiger partial charge on any atom is -0.481 e. The first kappa shape index (κ1) is 15.0. The Labute approximate surface area is 126 Å². The van der Waals surface area contributed by atoms with Crippen molar-refractivity contribution in [2.75, 3.05) is 5.32 Å². The quantitative estimate of drug-likeness (QED) is 0.910. The fourth-order valence-electron chi connectivity index (χ4n) is 1.80. The molecular weight excluding hydrogens is 292 g/mol. The standard InChI is InChI=1S/C15H13ClN2O3/c1-9-2-3-10(16)6-13(9)15(21)18-12-5-4-11(17-8-12)7-14(19)20/h2-6,8H,7H2,1H3,(H,18,21)(H,19,20). The van der Waals surface area contributed by atoms with Crippen LogP contribution in [0.2, 0.25) is 5.02 Å². The predicted octanol–water partition coefficient (Wildman–Crippen LogP) is 2.92. The molecule has 108 valence electrons. The molecule has 21 heavy (non-hydrogen) atoms. The van der Waals surface area contributed by atoms with E-state index in [9.17, 15) is 9.59 Å². The zero-order valence-electron chi connectivity index (χ0n) is 11.3. The number of carboxylic acid groups (broad SMARTS) is 1. The number of anilines is 1. The zero-order valence-corrected chi connectivity index (χ0v) is 12.0. The summed E-state index contributed by atoms with van der Waals surface area (Å²) in [5, 5.41) is 11.9. The molecule has 5 nitrogen and oxygen atoms in total. The van der Waals surface area contributed by atoms with E-state index in [0.717, 1.165) is 5.56 Å². The molecule has 2 rings (SSSR count). The van der Waals surface area contributed by atoms with Gasteiger partial charge in [-0.2, -0.15) is 0 Å². The second-order valence-electron chi connectivity index (χ2n) is 4.52. The van der Waals surface area contributed by atoms with Crippen molar-refractivity contribution in [2.24, 2.45) is 0 Å². The summed E-state index contributed by atoms with van der Waals surface area (Å²) in [6, 6.07) is 8.26. The van der Waals surface area contributed by atoms with Gasteiger partial charge in [-0.25, -0.2) is 0 Å². The highest BCUT2D eigenvalue weighted by Crippen LogP contribution is 2.17. The first-order chi connectivity index (χ1) is 9.95. The van der Waals surface area contributed by atoms with Crippen LogP contribution in [-0.4, -0.2) is 22.0 Å². The SMILES string of the molecule is Cc1ccc(Cl)cc1C(=O)Nc1ccc(CC(=O)O)nc1. The molecule has 0 fully saturated rings. The van der Waals surface area contributed by atoms with Gasteiger partial charge in [0.25, 0.3) is 5.91 Å². The van der Waals surface area contributed by atoms with Gasteiger partial charge in [-0.15, -0.1) is 0 Å². The highest BCUT2D eigenvalue weighted by atomic mass is 35.5. The van der Waals surface area contributed by atoms with Gasteiger partial charge in [0.2, 0.25) is 0 Å². The number of pyridine rings is 1. The van der Waals surface area contributed by atoms with Crippen molar-refractivity contribution in [2.45, 2.75) is 13.3 Å². The molecule has 1 amide bonds. The molecule has 0 aliphatic rings. The molecule has 2 N–H and O–H groups in total. The largest absolute Gasteiger partial charge is 0.481 e. The monoisotopic (exact) mass is 304 g/mol. The van der Waals surface area contributed by atoms with Gasteiger partial charge in [-0.1, -0.05) is 17.7 Å². The Bertz CT molecular complexity index is 684. The Kier molecular flexibility index (Phi) is 4.55. The number of halogens is 1. The first-order valence-corrected chi connectivity index (χ1v) is 6.58. The molecule has 0 unspecified atom stereocenters. The Morgan fingerprint density at radius 2 is 2.05 bits per heavy atom. The first-order valence-electron chi connectivity index (χ1n) is 6.20. The van der Waals surface area contributed by atoms with Crippen LogP contribution in [0, 0.1) is 6.92 Å². The van der Waals surface area contributed by atoms with Crippen molar-refractivity contribution in [3.05, 3.63) is 58.4 Å². The van der Waals surface area contributed by atoms with Crippen LogP contribution in [0.4, 0.5) is 5.69 Å². The van der Waals surface area contributed by atoms with Gasteiger partial charge in [0.15, 0.2) is 0 Å². The van der Waals surface area contributed by atoms with Crippen molar-refractivity contribution < 1.29 is 14.7 Å². The van der Waals surface area contributed by atoms with Crippen LogP contribution in [0.5, 0.6) is 0 Å². The summed E-state index contributed by atoms with van der Waals surface area (Å²) in [6.07, 6.45) is 1.28. The van der Waals surface area contributed by atoms with E-state index in [1.165, 1.54) is 6.20 Å². The highest BCUT2D eigenvalue weighted by molar-refractivity contribution is 6.31. The van der Waals surface area contributed by atoms with Crippen molar-refractivity contribution in [3.63, 3.8) is 0 Å². The summed E-state index contributed by atoms with van der Waals surface area (Å²) in [5.74, 6) is -1.24. The van der Waals surface area contributed by atoms with E-state index in [2.05, 4.69) is 10.3 Å². The molecule has 6 heteroatoms. The summed E-state index contributed by atoms with van der Waals surface area (Å²) in [4.78, 5) is 26.7. The van der Waals surface area contributed by atoms with Crippen LogP contribution < -0.4 is 5.32 Å². The van der Waals surface area contributed by atoms with Gasteiger partial charge in [0.05, 0.1) is 24.0 Å². The van der Waals surface area contributed by atoms with Crippen molar-refractivity contribution in [1.82, 2.24) is 4.98 Å². The number of amides is 1.